The van der Waals surface area contributed by atoms with Gasteiger partial charge in [0.25, 0.3) is 0 Å². The zero-order valence-corrected chi connectivity index (χ0v) is 12.9. The Bertz CT molecular complexity index is 470. The molecule has 2 aliphatic carbocycles. The molecule has 0 saturated heterocycles. The average molecular weight is 282 g/mol. The highest BCUT2D eigenvalue weighted by atomic mass is 35.5. The summed E-state index contributed by atoms with van der Waals surface area (Å²) in [6.07, 6.45) is 5.27. The molecule has 106 valence electrons. The van der Waals surface area contributed by atoms with Crippen molar-refractivity contribution in [3.63, 3.8) is 0 Å². The number of nitrogens with one attached hydrogen (secondary N) is 1. The molecule has 1 N–H and O–H groups in total. The van der Waals surface area contributed by atoms with Gasteiger partial charge < -0.3 is 5.32 Å². The number of rotatable bonds is 5. The molecule has 1 heterocycles. The van der Waals surface area contributed by atoms with Gasteiger partial charge in [0.05, 0.1) is 16.4 Å². The van der Waals surface area contributed by atoms with E-state index in [0.717, 1.165) is 42.1 Å². The van der Waals surface area contributed by atoms with E-state index < -0.39 is 0 Å². The lowest BCUT2D eigenvalue weighted by Gasteiger charge is -2.31. The van der Waals surface area contributed by atoms with Crippen LogP contribution in [0.25, 0.3) is 0 Å². The van der Waals surface area contributed by atoms with E-state index in [2.05, 4.69) is 17.3 Å². The van der Waals surface area contributed by atoms with Crippen LogP contribution in [0, 0.1) is 24.2 Å². The van der Waals surface area contributed by atoms with Crippen LogP contribution in [0.15, 0.2) is 0 Å². The highest BCUT2D eigenvalue weighted by Gasteiger charge is 2.53. The van der Waals surface area contributed by atoms with E-state index in [-0.39, 0.29) is 0 Å². The molecule has 0 amide bonds. The zero-order chi connectivity index (χ0) is 13.6. The van der Waals surface area contributed by atoms with Gasteiger partial charge >= 0.3 is 0 Å². The van der Waals surface area contributed by atoms with Crippen LogP contribution in [0.4, 0.5) is 0 Å². The normalized spacial score (nSPS) is 32.6. The predicted octanol–water partition coefficient (Wildman–Crippen LogP) is 2.95. The van der Waals surface area contributed by atoms with Crippen LogP contribution in [-0.2, 0) is 13.5 Å². The summed E-state index contributed by atoms with van der Waals surface area (Å²) in [5, 5.41) is 8.90. The Hall–Kier alpha value is -0.540. The van der Waals surface area contributed by atoms with Gasteiger partial charge in [-0.1, -0.05) is 18.5 Å². The highest BCUT2D eigenvalue weighted by molar-refractivity contribution is 6.31. The number of halogens is 1. The minimum atomic E-state index is 0.410. The molecule has 3 nitrogen and oxygen atoms in total. The number of aromatic nitrogens is 2. The average Bonchev–Trinajstić information content (AvgIpc) is 2.93. The third-order valence-electron chi connectivity index (χ3n) is 5.01. The van der Waals surface area contributed by atoms with Crippen LogP contribution in [0.2, 0.25) is 5.02 Å². The van der Waals surface area contributed by atoms with Crippen molar-refractivity contribution in [1.82, 2.24) is 15.1 Å². The van der Waals surface area contributed by atoms with Gasteiger partial charge in [-0.05, 0) is 56.4 Å². The van der Waals surface area contributed by atoms with Crippen molar-refractivity contribution in [3.8, 4) is 0 Å². The van der Waals surface area contributed by atoms with Crippen molar-refractivity contribution >= 4 is 11.6 Å². The zero-order valence-electron chi connectivity index (χ0n) is 12.2. The Morgan fingerprint density at radius 2 is 2.11 bits per heavy atom. The number of nitrogens with zero attached hydrogens (tertiary/aromatic N) is 2. The maximum Gasteiger partial charge on any atom is 0.0847 e. The largest absolute Gasteiger partial charge is 0.316 e. The first-order valence-electron chi connectivity index (χ1n) is 7.43. The van der Waals surface area contributed by atoms with Gasteiger partial charge in [0.1, 0.15) is 0 Å². The molecule has 19 heavy (non-hydrogen) atoms. The van der Waals surface area contributed by atoms with Crippen LogP contribution in [0.3, 0.4) is 0 Å². The molecular formula is C15H24ClN3. The summed E-state index contributed by atoms with van der Waals surface area (Å²) in [6, 6.07) is 0. The number of hydrogen-bond acceptors (Lipinski definition) is 2. The van der Waals surface area contributed by atoms with E-state index in [4.69, 9.17) is 11.6 Å². The molecule has 2 aliphatic rings. The maximum absolute atomic E-state index is 6.43. The van der Waals surface area contributed by atoms with Crippen LogP contribution in [0.1, 0.15) is 37.6 Å². The Balaban J connectivity index is 1.81. The first-order valence-corrected chi connectivity index (χ1v) is 7.81. The van der Waals surface area contributed by atoms with Gasteiger partial charge in [-0.25, -0.2) is 0 Å². The molecule has 3 rings (SSSR count). The number of aryl methyl sites for hydroxylation is 2. The Kier molecular flexibility index (Phi) is 3.38. The molecule has 2 fully saturated rings. The first kappa shape index (κ1) is 13.4. The summed E-state index contributed by atoms with van der Waals surface area (Å²) in [4.78, 5) is 0. The van der Waals surface area contributed by atoms with E-state index in [9.17, 15) is 0 Å². The van der Waals surface area contributed by atoms with E-state index in [1.165, 1.54) is 25.0 Å². The predicted molar refractivity (Wildman–Crippen MR) is 78.5 cm³/mol. The molecular weight excluding hydrogens is 258 g/mol. The SMILES string of the molecule is CCNCC1(Cc2c(Cl)c(C)nn2C)CC2CC2C1. The molecule has 0 aromatic carbocycles. The smallest absolute Gasteiger partial charge is 0.0847 e. The summed E-state index contributed by atoms with van der Waals surface area (Å²) >= 11 is 6.43. The second kappa shape index (κ2) is 4.78. The van der Waals surface area contributed by atoms with Gasteiger partial charge in [-0.3, -0.25) is 4.68 Å². The van der Waals surface area contributed by atoms with Crippen LogP contribution < -0.4 is 5.32 Å². The van der Waals surface area contributed by atoms with Crippen molar-refractivity contribution in [2.75, 3.05) is 13.1 Å². The molecule has 0 aliphatic heterocycles. The lowest BCUT2D eigenvalue weighted by Crippen LogP contribution is -2.35. The van der Waals surface area contributed by atoms with E-state index >= 15 is 0 Å². The fourth-order valence-corrected chi connectivity index (χ4v) is 4.20. The van der Waals surface area contributed by atoms with E-state index in [0.29, 0.717) is 5.41 Å². The molecule has 1 aromatic rings. The summed E-state index contributed by atoms with van der Waals surface area (Å²) < 4.78 is 1.98. The van der Waals surface area contributed by atoms with E-state index in [1.807, 2.05) is 18.7 Å². The summed E-state index contributed by atoms with van der Waals surface area (Å²) in [7, 11) is 2.02. The maximum atomic E-state index is 6.43. The summed E-state index contributed by atoms with van der Waals surface area (Å²) in [5.74, 6) is 1.98. The lowest BCUT2D eigenvalue weighted by atomic mass is 9.78. The number of hydrogen-bond donors (Lipinski definition) is 1. The standard InChI is InChI=1S/C15H24ClN3/c1-4-17-9-15(6-11-5-12(11)7-15)8-13-14(16)10(2)18-19(13)3/h11-12,17H,4-9H2,1-3H3. The minimum Gasteiger partial charge on any atom is -0.316 e. The second-order valence-corrected chi connectivity index (χ2v) is 6.97. The molecule has 0 bridgehead atoms. The Morgan fingerprint density at radius 1 is 1.42 bits per heavy atom. The molecule has 4 heteroatoms. The van der Waals surface area contributed by atoms with Crippen LogP contribution in [0.5, 0.6) is 0 Å². The van der Waals surface area contributed by atoms with Gasteiger partial charge in [0, 0.05) is 13.6 Å². The van der Waals surface area contributed by atoms with Gasteiger partial charge in [-0.2, -0.15) is 5.10 Å². The van der Waals surface area contributed by atoms with Crippen molar-refractivity contribution in [2.45, 2.75) is 39.5 Å². The van der Waals surface area contributed by atoms with Crippen molar-refractivity contribution < 1.29 is 0 Å². The van der Waals surface area contributed by atoms with Gasteiger partial charge in [-0.15, -0.1) is 0 Å². The van der Waals surface area contributed by atoms with E-state index in [1.54, 1.807) is 0 Å². The van der Waals surface area contributed by atoms with Crippen LogP contribution >= 0.6 is 11.6 Å². The van der Waals surface area contributed by atoms with Crippen molar-refractivity contribution in [3.05, 3.63) is 16.4 Å². The van der Waals surface area contributed by atoms with Gasteiger partial charge in [0.15, 0.2) is 0 Å². The summed E-state index contributed by atoms with van der Waals surface area (Å²) in [6.45, 7) is 6.35. The molecule has 2 unspecified atom stereocenters. The molecule has 2 saturated carbocycles. The topological polar surface area (TPSA) is 29.9 Å². The van der Waals surface area contributed by atoms with Gasteiger partial charge in [0.2, 0.25) is 0 Å². The third-order valence-corrected chi connectivity index (χ3v) is 5.51. The summed E-state index contributed by atoms with van der Waals surface area (Å²) in [5.41, 5.74) is 2.59. The lowest BCUT2D eigenvalue weighted by molar-refractivity contribution is 0.245. The molecule has 1 aromatic heterocycles. The quantitative estimate of drug-likeness (QED) is 0.899. The second-order valence-electron chi connectivity index (χ2n) is 6.59. The first-order chi connectivity index (χ1) is 9.04. The highest BCUT2D eigenvalue weighted by Crippen LogP contribution is 2.60. The minimum absolute atomic E-state index is 0.410. The van der Waals surface area contributed by atoms with Crippen molar-refractivity contribution in [2.24, 2.45) is 24.3 Å². The fourth-order valence-electron chi connectivity index (χ4n) is 3.97. The third kappa shape index (κ3) is 2.43. The van der Waals surface area contributed by atoms with Crippen LogP contribution in [-0.4, -0.2) is 22.9 Å². The molecule has 0 spiro atoms. The number of fused-ring (bicyclic) bond motifs is 1. The molecule has 2 atom stereocenters. The van der Waals surface area contributed by atoms with Crippen molar-refractivity contribution in [1.29, 1.82) is 0 Å². The Labute approximate surface area is 120 Å². The Morgan fingerprint density at radius 3 is 2.63 bits per heavy atom. The molecule has 0 radical (unpaired) electrons. The fraction of sp³-hybridized carbons (Fsp3) is 0.800. The monoisotopic (exact) mass is 281 g/mol.